The molecule has 1 atom stereocenters. The molecular formula is C15H26N4O2. The van der Waals surface area contributed by atoms with Gasteiger partial charge in [0.15, 0.2) is 0 Å². The Bertz CT molecular complexity index is 465. The lowest BCUT2D eigenvalue weighted by Gasteiger charge is -2.28. The maximum atomic E-state index is 11.1. The van der Waals surface area contributed by atoms with Crippen LogP contribution in [0.15, 0.2) is 18.2 Å². The van der Waals surface area contributed by atoms with Gasteiger partial charge in [-0.15, -0.1) is 0 Å². The topological polar surface area (TPSA) is 84.4 Å². The van der Waals surface area contributed by atoms with Crippen molar-refractivity contribution in [2.45, 2.75) is 52.6 Å². The van der Waals surface area contributed by atoms with E-state index < -0.39 is 4.92 Å². The van der Waals surface area contributed by atoms with Gasteiger partial charge in [-0.05, 0) is 37.9 Å². The summed E-state index contributed by atoms with van der Waals surface area (Å²) in [7, 11) is 0. The summed E-state index contributed by atoms with van der Waals surface area (Å²) in [5, 5.41) is 11.1. The second-order valence-electron chi connectivity index (χ2n) is 5.33. The largest absolute Gasteiger partial charge is 0.318 e. The average Bonchev–Trinajstić information content (AvgIpc) is 2.50. The summed E-state index contributed by atoms with van der Waals surface area (Å²) in [5.74, 6) is 5.31. The van der Waals surface area contributed by atoms with Gasteiger partial charge in [0, 0.05) is 18.7 Å². The zero-order chi connectivity index (χ0) is 15.8. The number of benzene rings is 1. The Morgan fingerprint density at radius 1 is 1.43 bits per heavy atom. The summed E-state index contributed by atoms with van der Waals surface area (Å²) >= 11 is 0. The summed E-state index contributed by atoms with van der Waals surface area (Å²) in [6.07, 6.45) is 3.34. The number of hydrogen-bond donors (Lipinski definition) is 2. The Morgan fingerprint density at radius 3 is 2.67 bits per heavy atom. The van der Waals surface area contributed by atoms with E-state index in [0.717, 1.165) is 37.9 Å². The molecule has 0 saturated carbocycles. The molecule has 3 N–H and O–H groups in total. The van der Waals surface area contributed by atoms with E-state index in [9.17, 15) is 10.1 Å². The molecule has 6 nitrogen and oxygen atoms in total. The molecule has 0 aliphatic carbocycles. The Hall–Kier alpha value is -1.66. The molecule has 6 heteroatoms. The normalized spacial score (nSPS) is 12.4. The van der Waals surface area contributed by atoms with E-state index in [1.165, 1.54) is 0 Å². The van der Waals surface area contributed by atoms with Crippen molar-refractivity contribution in [2.24, 2.45) is 5.84 Å². The van der Waals surface area contributed by atoms with Crippen LogP contribution in [0.4, 0.5) is 11.4 Å². The van der Waals surface area contributed by atoms with Gasteiger partial charge in [0.05, 0.1) is 4.92 Å². The molecule has 1 aromatic rings. The number of nitro groups is 1. The molecule has 0 aromatic heterocycles. The van der Waals surface area contributed by atoms with E-state index in [1.807, 2.05) is 6.07 Å². The number of nitrogens with one attached hydrogen (secondary N) is 1. The summed E-state index contributed by atoms with van der Waals surface area (Å²) in [5.41, 5.74) is 3.68. The third kappa shape index (κ3) is 4.99. The number of nitrogens with two attached hydrogens (primary N) is 1. The first-order valence-corrected chi connectivity index (χ1v) is 7.51. The van der Waals surface area contributed by atoms with Crippen molar-refractivity contribution in [3.05, 3.63) is 33.9 Å². The van der Waals surface area contributed by atoms with E-state index in [-0.39, 0.29) is 5.69 Å². The highest BCUT2D eigenvalue weighted by molar-refractivity contribution is 5.61. The van der Waals surface area contributed by atoms with Crippen LogP contribution in [0, 0.1) is 10.1 Å². The SMILES string of the molecule is CCCCN(Cc1ccc(NN)c([N+](=O)[O-])c1)C(C)CC. The van der Waals surface area contributed by atoms with Crippen LogP contribution >= 0.6 is 0 Å². The minimum absolute atomic E-state index is 0.0228. The van der Waals surface area contributed by atoms with Crippen molar-refractivity contribution in [1.82, 2.24) is 4.90 Å². The lowest BCUT2D eigenvalue weighted by atomic mass is 10.1. The molecule has 21 heavy (non-hydrogen) atoms. The summed E-state index contributed by atoms with van der Waals surface area (Å²) < 4.78 is 0. The summed E-state index contributed by atoms with van der Waals surface area (Å²) in [6.45, 7) is 8.26. The first kappa shape index (κ1) is 17.4. The highest BCUT2D eigenvalue weighted by Crippen LogP contribution is 2.25. The first-order chi connectivity index (χ1) is 10.0. The minimum atomic E-state index is -0.404. The molecule has 0 aliphatic heterocycles. The molecule has 0 aliphatic rings. The fourth-order valence-electron chi connectivity index (χ4n) is 2.26. The molecule has 1 unspecified atom stereocenters. The smallest absolute Gasteiger partial charge is 0.293 e. The number of anilines is 1. The van der Waals surface area contributed by atoms with Crippen LogP contribution < -0.4 is 11.3 Å². The number of hydrazine groups is 1. The van der Waals surface area contributed by atoms with Gasteiger partial charge < -0.3 is 5.43 Å². The molecule has 0 bridgehead atoms. The van der Waals surface area contributed by atoms with Crippen LogP contribution in [0.1, 0.15) is 45.6 Å². The van der Waals surface area contributed by atoms with Gasteiger partial charge in [-0.3, -0.25) is 20.9 Å². The molecule has 0 spiro atoms. The van der Waals surface area contributed by atoms with Crippen LogP contribution in [-0.2, 0) is 6.54 Å². The number of nitro benzene ring substituents is 1. The molecular weight excluding hydrogens is 268 g/mol. The lowest BCUT2D eigenvalue weighted by molar-refractivity contribution is -0.384. The van der Waals surface area contributed by atoms with Gasteiger partial charge in [0.2, 0.25) is 0 Å². The van der Waals surface area contributed by atoms with E-state index in [0.29, 0.717) is 11.7 Å². The summed E-state index contributed by atoms with van der Waals surface area (Å²) in [4.78, 5) is 13.0. The zero-order valence-corrected chi connectivity index (χ0v) is 13.1. The summed E-state index contributed by atoms with van der Waals surface area (Å²) in [6, 6.07) is 5.63. The molecule has 0 amide bonds. The number of rotatable bonds is 9. The van der Waals surface area contributed by atoms with Crippen molar-refractivity contribution in [2.75, 3.05) is 12.0 Å². The van der Waals surface area contributed by atoms with E-state index in [4.69, 9.17) is 5.84 Å². The Morgan fingerprint density at radius 2 is 2.14 bits per heavy atom. The first-order valence-electron chi connectivity index (χ1n) is 7.51. The van der Waals surface area contributed by atoms with E-state index in [1.54, 1.807) is 12.1 Å². The average molecular weight is 294 g/mol. The number of hydrogen-bond acceptors (Lipinski definition) is 5. The zero-order valence-electron chi connectivity index (χ0n) is 13.1. The maximum absolute atomic E-state index is 11.1. The molecule has 0 saturated heterocycles. The van der Waals surface area contributed by atoms with Crippen LogP contribution in [0.2, 0.25) is 0 Å². The maximum Gasteiger partial charge on any atom is 0.293 e. The van der Waals surface area contributed by atoms with Gasteiger partial charge in [-0.25, -0.2) is 0 Å². The van der Waals surface area contributed by atoms with Gasteiger partial charge in [0.1, 0.15) is 5.69 Å². The monoisotopic (exact) mass is 294 g/mol. The highest BCUT2D eigenvalue weighted by atomic mass is 16.6. The molecule has 118 valence electrons. The quantitative estimate of drug-likeness (QED) is 0.415. The molecule has 1 aromatic carbocycles. The second-order valence-corrected chi connectivity index (χ2v) is 5.33. The van der Waals surface area contributed by atoms with Crippen molar-refractivity contribution in [3.63, 3.8) is 0 Å². The van der Waals surface area contributed by atoms with E-state index in [2.05, 4.69) is 31.1 Å². The van der Waals surface area contributed by atoms with Crippen LogP contribution in [-0.4, -0.2) is 22.4 Å². The lowest BCUT2D eigenvalue weighted by Crippen LogP contribution is -2.33. The highest BCUT2D eigenvalue weighted by Gasteiger charge is 2.17. The van der Waals surface area contributed by atoms with Crippen LogP contribution in [0.3, 0.4) is 0 Å². The molecule has 0 fully saturated rings. The van der Waals surface area contributed by atoms with Gasteiger partial charge in [-0.1, -0.05) is 26.3 Å². The molecule has 1 rings (SSSR count). The standard InChI is InChI=1S/C15H26N4O2/c1-4-6-9-18(12(3)5-2)11-13-7-8-14(17-16)15(10-13)19(20)21/h7-8,10,12,17H,4-6,9,11,16H2,1-3H3. The third-order valence-electron chi connectivity index (χ3n) is 3.81. The number of unbranched alkanes of at least 4 members (excludes halogenated alkanes) is 1. The fourth-order valence-corrected chi connectivity index (χ4v) is 2.26. The van der Waals surface area contributed by atoms with Gasteiger partial charge in [-0.2, -0.15) is 0 Å². The fraction of sp³-hybridized carbons (Fsp3) is 0.600. The van der Waals surface area contributed by atoms with Gasteiger partial charge in [0.25, 0.3) is 5.69 Å². The predicted molar refractivity (Wildman–Crippen MR) is 86.0 cm³/mol. The van der Waals surface area contributed by atoms with Crippen molar-refractivity contribution in [1.29, 1.82) is 0 Å². The molecule has 0 heterocycles. The second kappa shape index (κ2) is 8.59. The van der Waals surface area contributed by atoms with Crippen LogP contribution in [0.25, 0.3) is 0 Å². The Kier molecular flexibility index (Phi) is 7.11. The third-order valence-corrected chi connectivity index (χ3v) is 3.81. The van der Waals surface area contributed by atoms with Gasteiger partial charge >= 0.3 is 0 Å². The molecule has 0 radical (unpaired) electrons. The minimum Gasteiger partial charge on any atom is -0.318 e. The number of nitrogen functional groups attached to an aromatic ring is 1. The Labute approximate surface area is 126 Å². The van der Waals surface area contributed by atoms with Crippen molar-refractivity contribution >= 4 is 11.4 Å². The Balaban J connectivity index is 2.92. The van der Waals surface area contributed by atoms with Crippen LogP contribution in [0.5, 0.6) is 0 Å². The predicted octanol–water partition coefficient (Wildman–Crippen LogP) is 3.28. The van der Waals surface area contributed by atoms with Crippen molar-refractivity contribution in [3.8, 4) is 0 Å². The van der Waals surface area contributed by atoms with Crippen molar-refractivity contribution < 1.29 is 4.92 Å². The number of nitrogens with zero attached hydrogens (tertiary/aromatic N) is 2. The van der Waals surface area contributed by atoms with E-state index >= 15 is 0 Å².